The Morgan fingerprint density at radius 2 is 1.81 bits per heavy atom. The highest BCUT2D eigenvalue weighted by atomic mass is 35.5. The van der Waals surface area contributed by atoms with E-state index in [4.69, 9.17) is 11.6 Å². The van der Waals surface area contributed by atoms with E-state index in [0.29, 0.717) is 0 Å². The monoisotopic (exact) mass is 301 g/mol. The lowest BCUT2D eigenvalue weighted by atomic mass is 10.1. The first-order valence-electron chi connectivity index (χ1n) is 7.22. The van der Waals surface area contributed by atoms with Crippen molar-refractivity contribution in [3.05, 3.63) is 53.1 Å². The standard InChI is InChI=1S/C17H20ClN3/c1-19-12-13-6-5-7-14(18)17(13)21-11-10-20(2)15-8-3-4-9-16(15)21/h3-9,19H,10-12H2,1-2H3. The molecule has 0 saturated heterocycles. The number of benzene rings is 2. The van der Waals surface area contributed by atoms with Crippen molar-refractivity contribution in [2.75, 3.05) is 37.0 Å². The first-order chi connectivity index (χ1) is 10.2. The summed E-state index contributed by atoms with van der Waals surface area (Å²) in [4.78, 5) is 4.63. The van der Waals surface area contributed by atoms with E-state index in [1.165, 1.54) is 16.9 Å². The topological polar surface area (TPSA) is 18.5 Å². The van der Waals surface area contributed by atoms with Crippen LogP contribution in [-0.2, 0) is 6.54 Å². The van der Waals surface area contributed by atoms with Gasteiger partial charge in [-0.3, -0.25) is 0 Å². The molecule has 0 saturated carbocycles. The lowest BCUT2D eigenvalue weighted by Gasteiger charge is -2.38. The van der Waals surface area contributed by atoms with Crippen molar-refractivity contribution in [2.45, 2.75) is 6.54 Å². The van der Waals surface area contributed by atoms with Gasteiger partial charge in [0.15, 0.2) is 0 Å². The van der Waals surface area contributed by atoms with Gasteiger partial charge in [-0.2, -0.15) is 0 Å². The number of fused-ring (bicyclic) bond motifs is 1. The number of rotatable bonds is 3. The maximum atomic E-state index is 6.52. The molecule has 0 spiro atoms. The van der Waals surface area contributed by atoms with Crippen molar-refractivity contribution < 1.29 is 0 Å². The Bertz CT molecular complexity index is 642. The van der Waals surface area contributed by atoms with Crippen molar-refractivity contribution >= 4 is 28.7 Å². The summed E-state index contributed by atoms with van der Waals surface area (Å²) in [6.07, 6.45) is 0. The van der Waals surface area contributed by atoms with Crippen molar-refractivity contribution in [3.63, 3.8) is 0 Å². The molecule has 1 aliphatic rings. The molecule has 0 aliphatic carbocycles. The molecule has 1 heterocycles. The SMILES string of the molecule is CNCc1cccc(Cl)c1N1CCN(C)c2ccccc21. The minimum atomic E-state index is 0.808. The normalized spacial score (nSPS) is 14.2. The lowest BCUT2D eigenvalue weighted by Crippen LogP contribution is -2.37. The summed E-state index contributed by atoms with van der Waals surface area (Å²) in [5, 5.41) is 4.04. The van der Waals surface area contributed by atoms with E-state index < -0.39 is 0 Å². The third kappa shape index (κ3) is 2.59. The Kier molecular flexibility index (Phi) is 4.04. The molecule has 0 radical (unpaired) electrons. The van der Waals surface area contributed by atoms with Crippen molar-refractivity contribution in [1.82, 2.24) is 5.32 Å². The number of para-hydroxylation sites is 3. The molecule has 1 N–H and O–H groups in total. The minimum absolute atomic E-state index is 0.808. The maximum absolute atomic E-state index is 6.52. The molecule has 0 atom stereocenters. The van der Waals surface area contributed by atoms with Crippen LogP contribution in [0.4, 0.5) is 17.1 Å². The fourth-order valence-corrected chi connectivity index (χ4v) is 3.23. The molecule has 21 heavy (non-hydrogen) atoms. The van der Waals surface area contributed by atoms with Gasteiger partial charge in [-0.15, -0.1) is 0 Å². The zero-order valence-electron chi connectivity index (χ0n) is 12.4. The number of likely N-dealkylation sites (N-methyl/N-ethyl adjacent to an activating group) is 1. The van der Waals surface area contributed by atoms with Crippen LogP contribution in [0, 0.1) is 0 Å². The van der Waals surface area contributed by atoms with Crippen molar-refractivity contribution in [3.8, 4) is 0 Å². The van der Waals surface area contributed by atoms with Gasteiger partial charge in [-0.05, 0) is 30.8 Å². The molecule has 0 amide bonds. The molecule has 2 aromatic carbocycles. The van der Waals surface area contributed by atoms with Crippen LogP contribution >= 0.6 is 11.6 Å². The second-order valence-corrected chi connectivity index (χ2v) is 5.75. The Balaban J connectivity index is 2.12. The van der Waals surface area contributed by atoms with E-state index in [2.05, 4.69) is 52.5 Å². The Labute approximate surface area is 131 Å². The van der Waals surface area contributed by atoms with E-state index in [1.54, 1.807) is 0 Å². The molecule has 0 fully saturated rings. The molecular formula is C17H20ClN3. The van der Waals surface area contributed by atoms with Gasteiger partial charge >= 0.3 is 0 Å². The van der Waals surface area contributed by atoms with Gasteiger partial charge < -0.3 is 15.1 Å². The van der Waals surface area contributed by atoms with E-state index in [1.807, 2.05) is 19.2 Å². The number of hydrogen-bond donors (Lipinski definition) is 1. The summed E-state index contributed by atoms with van der Waals surface area (Å²) in [6.45, 7) is 2.74. The zero-order chi connectivity index (χ0) is 14.8. The molecule has 0 bridgehead atoms. The van der Waals surface area contributed by atoms with Gasteiger partial charge in [0.2, 0.25) is 0 Å². The zero-order valence-corrected chi connectivity index (χ0v) is 13.2. The third-order valence-electron chi connectivity index (χ3n) is 3.95. The van der Waals surface area contributed by atoms with Crippen LogP contribution in [0.5, 0.6) is 0 Å². The molecule has 2 aromatic rings. The average Bonchev–Trinajstić information content (AvgIpc) is 2.50. The van der Waals surface area contributed by atoms with Crippen LogP contribution < -0.4 is 15.1 Å². The van der Waals surface area contributed by atoms with Gasteiger partial charge in [0, 0.05) is 26.7 Å². The smallest absolute Gasteiger partial charge is 0.0649 e. The number of nitrogens with one attached hydrogen (secondary N) is 1. The van der Waals surface area contributed by atoms with Crippen LogP contribution in [0.15, 0.2) is 42.5 Å². The van der Waals surface area contributed by atoms with Crippen molar-refractivity contribution in [2.24, 2.45) is 0 Å². The lowest BCUT2D eigenvalue weighted by molar-refractivity contribution is 0.792. The Morgan fingerprint density at radius 3 is 2.57 bits per heavy atom. The molecule has 110 valence electrons. The summed E-state index contributed by atoms with van der Waals surface area (Å²) in [7, 11) is 4.10. The fourth-order valence-electron chi connectivity index (χ4n) is 2.93. The van der Waals surface area contributed by atoms with Crippen LogP contribution in [0.2, 0.25) is 5.02 Å². The number of nitrogens with zero attached hydrogens (tertiary/aromatic N) is 2. The van der Waals surface area contributed by atoms with Gasteiger partial charge in [0.25, 0.3) is 0 Å². The average molecular weight is 302 g/mol. The first kappa shape index (κ1) is 14.2. The highest BCUT2D eigenvalue weighted by molar-refractivity contribution is 6.33. The Hall–Kier alpha value is -1.71. The van der Waals surface area contributed by atoms with E-state index in [9.17, 15) is 0 Å². The second-order valence-electron chi connectivity index (χ2n) is 5.34. The van der Waals surface area contributed by atoms with E-state index in [0.717, 1.165) is 30.3 Å². The van der Waals surface area contributed by atoms with Gasteiger partial charge in [0.1, 0.15) is 0 Å². The van der Waals surface area contributed by atoms with E-state index >= 15 is 0 Å². The minimum Gasteiger partial charge on any atom is -0.371 e. The molecule has 3 rings (SSSR count). The molecular weight excluding hydrogens is 282 g/mol. The van der Waals surface area contributed by atoms with Crippen LogP contribution in [0.1, 0.15) is 5.56 Å². The number of hydrogen-bond acceptors (Lipinski definition) is 3. The third-order valence-corrected chi connectivity index (χ3v) is 4.26. The summed E-state index contributed by atoms with van der Waals surface area (Å²) in [5.41, 5.74) is 4.81. The van der Waals surface area contributed by atoms with Crippen LogP contribution in [-0.4, -0.2) is 27.2 Å². The molecule has 0 aromatic heterocycles. The molecule has 1 aliphatic heterocycles. The van der Waals surface area contributed by atoms with Crippen LogP contribution in [0.25, 0.3) is 0 Å². The highest BCUT2D eigenvalue weighted by Gasteiger charge is 2.24. The second kappa shape index (κ2) is 5.96. The molecule has 0 unspecified atom stereocenters. The maximum Gasteiger partial charge on any atom is 0.0649 e. The predicted molar refractivity (Wildman–Crippen MR) is 90.9 cm³/mol. The van der Waals surface area contributed by atoms with E-state index in [-0.39, 0.29) is 0 Å². The summed E-state index contributed by atoms with van der Waals surface area (Å²) < 4.78 is 0. The number of halogens is 1. The fraction of sp³-hybridized carbons (Fsp3) is 0.294. The highest BCUT2D eigenvalue weighted by Crippen LogP contribution is 2.41. The predicted octanol–water partition coefficient (Wildman–Crippen LogP) is 3.65. The quantitative estimate of drug-likeness (QED) is 0.933. The largest absolute Gasteiger partial charge is 0.371 e. The first-order valence-corrected chi connectivity index (χ1v) is 7.60. The number of anilines is 3. The molecule has 3 nitrogen and oxygen atoms in total. The summed E-state index contributed by atoms with van der Waals surface area (Å²) >= 11 is 6.52. The summed E-state index contributed by atoms with van der Waals surface area (Å²) in [5.74, 6) is 0. The van der Waals surface area contributed by atoms with Crippen LogP contribution in [0.3, 0.4) is 0 Å². The van der Waals surface area contributed by atoms with Gasteiger partial charge in [-0.1, -0.05) is 35.9 Å². The van der Waals surface area contributed by atoms with Gasteiger partial charge in [0.05, 0.1) is 22.1 Å². The van der Waals surface area contributed by atoms with Gasteiger partial charge in [-0.25, -0.2) is 0 Å². The van der Waals surface area contributed by atoms with Crippen molar-refractivity contribution in [1.29, 1.82) is 0 Å². The Morgan fingerprint density at radius 1 is 1.05 bits per heavy atom. The molecule has 4 heteroatoms. The summed E-state index contributed by atoms with van der Waals surface area (Å²) in [6, 6.07) is 14.6.